The Hall–Kier alpha value is -2.89. The van der Waals surface area contributed by atoms with Crippen LogP contribution in [0.1, 0.15) is 45.2 Å². The number of hydrogen-bond acceptors (Lipinski definition) is 3. The van der Waals surface area contributed by atoms with Crippen LogP contribution in [0, 0.1) is 0 Å². The molecule has 2 aliphatic heterocycles. The van der Waals surface area contributed by atoms with Crippen LogP contribution in [0.5, 0.6) is 0 Å². The van der Waals surface area contributed by atoms with Gasteiger partial charge in [-0.15, -0.1) is 6.58 Å². The third kappa shape index (κ3) is 2.71. The molecule has 0 aliphatic carbocycles. The molecule has 0 bridgehead atoms. The van der Waals surface area contributed by atoms with Gasteiger partial charge in [-0.2, -0.15) is 0 Å². The van der Waals surface area contributed by atoms with Crippen LogP contribution >= 0.6 is 0 Å². The molecule has 1 N–H and O–H groups in total. The van der Waals surface area contributed by atoms with Crippen molar-refractivity contribution in [1.82, 2.24) is 14.9 Å². The summed E-state index contributed by atoms with van der Waals surface area (Å²) in [5.41, 5.74) is 3.37. The van der Waals surface area contributed by atoms with Crippen molar-refractivity contribution in [3.63, 3.8) is 0 Å². The Morgan fingerprint density at radius 2 is 2.04 bits per heavy atom. The smallest absolute Gasteiger partial charge is 0.294 e. The van der Waals surface area contributed by atoms with Gasteiger partial charge in [-0.05, 0) is 37.3 Å². The first-order valence-electron chi connectivity index (χ1n) is 9.09. The minimum absolute atomic E-state index is 0.124. The molecule has 0 radical (unpaired) electrons. The number of hydrogen-bond donors (Lipinski definition) is 1. The van der Waals surface area contributed by atoms with Crippen molar-refractivity contribution in [2.24, 2.45) is 0 Å². The van der Waals surface area contributed by atoms with Gasteiger partial charge < -0.3 is 14.8 Å². The van der Waals surface area contributed by atoms with Crippen LogP contribution in [0.4, 0.5) is 5.69 Å². The normalized spacial score (nSPS) is 15.3. The highest BCUT2D eigenvalue weighted by atomic mass is 16.2. The van der Waals surface area contributed by atoms with E-state index in [0.717, 1.165) is 43.6 Å². The van der Waals surface area contributed by atoms with Crippen molar-refractivity contribution in [1.29, 1.82) is 0 Å². The standard InChI is InChI=1S/C20H22N4O2/c1-2-11-21-19(25)17-16-9-5-6-12-23(16)18(22-17)20(26)24-13-10-14-7-3-4-8-15(14)24/h2-4,7-8H,1,5-6,9-13H2,(H,21,25). The highest BCUT2D eigenvalue weighted by molar-refractivity contribution is 6.06. The number of para-hydroxylation sites is 1. The Morgan fingerprint density at radius 3 is 2.88 bits per heavy atom. The second-order valence-electron chi connectivity index (χ2n) is 6.67. The molecular weight excluding hydrogens is 328 g/mol. The average Bonchev–Trinajstić information content (AvgIpc) is 3.27. The summed E-state index contributed by atoms with van der Waals surface area (Å²) in [6.45, 7) is 5.38. The molecule has 3 heterocycles. The van der Waals surface area contributed by atoms with Crippen molar-refractivity contribution in [3.05, 3.63) is 59.7 Å². The predicted molar refractivity (Wildman–Crippen MR) is 99.5 cm³/mol. The topological polar surface area (TPSA) is 67.2 Å². The van der Waals surface area contributed by atoms with Crippen molar-refractivity contribution in [2.75, 3.05) is 18.0 Å². The molecular formula is C20H22N4O2. The molecule has 0 saturated heterocycles. The first-order chi connectivity index (χ1) is 12.7. The van der Waals surface area contributed by atoms with Crippen LogP contribution in [0.25, 0.3) is 0 Å². The van der Waals surface area contributed by atoms with E-state index in [4.69, 9.17) is 0 Å². The van der Waals surface area contributed by atoms with E-state index < -0.39 is 0 Å². The summed E-state index contributed by atoms with van der Waals surface area (Å²) >= 11 is 0. The van der Waals surface area contributed by atoms with Crippen molar-refractivity contribution in [3.8, 4) is 0 Å². The number of imidazole rings is 1. The lowest BCUT2D eigenvalue weighted by Crippen LogP contribution is -2.32. The zero-order chi connectivity index (χ0) is 18.1. The highest BCUT2D eigenvalue weighted by Gasteiger charge is 2.32. The third-order valence-electron chi connectivity index (χ3n) is 5.06. The zero-order valence-electron chi connectivity index (χ0n) is 14.7. The first-order valence-corrected chi connectivity index (χ1v) is 9.09. The lowest BCUT2D eigenvalue weighted by atomic mass is 10.1. The van der Waals surface area contributed by atoms with Gasteiger partial charge >= 0.3 is 0 Å². The van der Waals surface area contributed by atoms with E-state index in [1.807, 2.05) is 22.8 Å². The molecule has 2 aliphatic rings. The number of nitrogens with one attached hydrogen (secondary N) is 1. The molecule has 2 amide bonds. The molecule has 134 valence electrons. The number of carbonyl (C=O) groups excluding carboxylic acids is 2. The fourth-order valence-electron chi connectivity index (χ4n) is 3.81. The molecule has 6 heteroatoms. The van der Waals surface area contributed by atoms with Gasteiger partial charge in [-0.3, -0.25) is 9.59 Å². The van der Waals surface area contributed by atoms with E-state index in [0.29, 0.717) is 24.6 Å². The summed E-state index contributed by atoms with van der Waals surface area (Å²) in [4.78, 5) is 32.0. The van der Waals surface area contributed by atoms with Gasteiger partial charge in [0.2, 0.25) is 5.82 Å². The largest absolute Gasteiger partial charge is 0.347 e. The van der Waals surface area contributed by atoms with Crippen LogP contribution in [-0.4, -0.2) is 34.5 Å². The summed E-state index contributed by atoms with van der Waals surface area (Å²) < 4.78 is 1.94. The summed E-state index contributed by atoms with van der Waals surface area (Å²) in [5, 5.41) is 2.78. The zero-order valence-corrected chi connectivity index (χ0v) is 14.7. The molecule has 6 nitrogen and oxygen atoms in total. The molecule has 2 aromatic rings. The van der Waals surface area contributed by atoms with Gasteiger partial charge in [-0.1, -0.05) is 24.3 Å². The van der Waals surface area contributed by atoms with Crippen molar-refractivity contribution < 1.29 is 9.59 Å². The van der Waals surface area contributed by atoms with Crippen LogP contribution < -0.4 is 10.2 Å². The number of fused-ring (bicyclic) bond motifs is 2. The van der Waals surface area contributed by atoms with E-state index in [-0.39, 0.29) is 11.8 Å². The number of carbonyl (C=O) groups is 2. The minimum Gasteiger partial charge on any atom is -0.347 e. The Morgan fingerprint density at radius 1 is 1.19 bits per heavy atom. The molecule has 1 aromatic heterocycles. The second kappa shape index (κ2) is 6.78. The van der Waals surface area contributed by atoms with E-state index in [1.54, 1.807) is 11.0 Å². The Labute approximate surface area is 152 Å². The van der Waals surface area contributed by atoms with E-state index in [2.05, 4.69) is 22.9 Å². The van der Waals surface area contributed by atoms with Gasteiger partial charge in [0, 0.05) is 25.3 Å². The molecule has 0 unspecified atom stereocenters. The molecule has 1 aromatic carbocycles. The number of amides is 2. The number of nitrogens with zero attached hydrogens (tertiary/aromatic N) is 3. The number of anilines is 1. The maximum Gasteiger partial charge on any atom is 0.294 e. The first kappa shape index (κ1) is 16.6. The summed E-state index contributed by atoms with van der Waals surface area (Å²) in [6.07, 6.45) is 5.26. The SMILES string of the molecule is C=CCNC(=O)c1nc(C(=O)N2CCc3ccccc32)n2c1CCCC2. The highest BCUT2D eigenvalue weighted by Crippen LogP contribution is 2.30. The number of aromatic nitrogens is 2. The maximum atomic E-state index is 13.2. The van der Waals surface area contributed by atoms with Crippen LogP contribution in [-0.2, 0) is 19.4 Å². The maximum absolute atomic E-state index is 13.2. The van der Waals surface area contributed by atoms with Gasteiger partial charge in [-0.25, -0.2) is 4.98 Å². The summed E-state index contributed by atoms with van der Waals surface area (Å²) in [6, 6.07) is 7.96. The number of benzene rings is 1. The Balaban J connectivity index is 1.70. The van der Waals surface area contributed by atoms with Crippen molar-refractivity contribution in [2.45, 2.75) is 32.2 Å². The van der Waals surface area contributed by atoms with E-state index in [1.165, 1.54) is 5.56 Å². The summed E-state index contributed by atoms with van der Waals surface area (Å²) in [7, 11) is 0. The molecule has 0 spiro atoms. The van der Waals surface area contributed by atoms with E-state index >= 15 is 0 Å². The lowest BCUT2D eigenvalue weighted by Gasteiger charge is -2.20. The van der Waals surface area contributed by atoms with Crippen LogP contribution in [0.3, 0.4) is 0 Å². The van der Waals surface area contributed by atoms with Gasteiger partial charge in [0.1, 0.15) is 5.69 Å². The second-order valence-corrected chi connectivity index (χ2v) is 6.67. The molecule has 26 heavy (non-hydrogen) atoms. The minimum atomic E-state index is -0.239. The van der Waals surface area contributed by atoms with Gasteiger partial charge in [0.05, 0.1) is 5.69 Å². The van der Waals surface area contributed by atoms with Crippen molar-refractivity contribution >= 4 is 17.5 Å². The number of rotatable bonds is 4. The molecule has 0 fully saturated rings. The Kier molecular flexibility index (Phi) is 4.32. The molecule has 0 saturated carbocycles. The van der Waals surface area contributed by atoms with Gasteiger partial charge in [0.15, 0.2) is 0 Å². The fraction of sp³-hybridized carbons (Fsp3) is 0.350. The van der Waals surface area contributed by atoms with Crippen LogP contribution in [0.15, 0.2) is 36.9 Å². The molecule has 4 rings (SSSR count). The van der Waals surface area contributed by atoms with E-state index in [9.17, 15) is 9.59 Å². The fourth-order valence-corrected chi connectivity index (χ4v) is 3.81. The summed E-state index contributed by atoms with van der Waals surface area (Å²) in [5.74, 6) is 0.0115. The molecule has 0 atom stereocenters. The average molecular weight is 350 g/mol. The van der Waals surface area contributed by atoms with Crippen LogP contribution in [0.2, 0.25) is 0 Å². The Bertz CT molecular complexity index is 884. The van der Waals surface area contributed by atoms with Gasteiger partial charge in [0.25, 0.3) is 11.8 Å². The third-order valence-corrected chi connectivity index (χ3v) is 5.06. The quantitative estimate of drug-likeness (QED) is 0.861. The predicted octanol–water partition coefficient (Wildman–Crippen LogP) is 2.34. The monoisotopic (exact) mass is 350 g/mol. The lowest BCUT2D eigenvalue weighted by molar-refractivity contribution is 0.0952.